The average Bonchev–Trinajstić information content (AvgIpc) is 3.42. The van der Waals surface area contributed by atoms with Gasteiger partial charge in [0.05, 0.1) is 17.2 Å². The van der Waals surface area contributed by atoms with Crippen molar-refractivity contribution in [2.75, 3.05) is 5.43 Å². The molecular formula is C23H15FN4OS. The molecule has 30 heavy (non-hydrogen) atoms. The van der Waals surface area contributed by atoms with Gasteiger partial charge in [-0.25, -0.2) is 14.4 Å². The van der Waals surface area contributed by atoms with Crippen LogP contribution in [0.1, 0.15) is 5.76 Å². The average molecular weight is 414 g/mol. The van der Waals surface area contributed by atoms with Crippen molar-refractivity contribution in [1.82, 2.24) is 9.97 Å². The second-order valence-corrected chi connectivity index (χ2v) is 7.33. The second kappa shape index (κ2) is 7.88. The first-order chi connectivity index (χ1) is 14.8. The molecular weight excluding hydrogens is 399 g/mol. The summed E-state index contributed by atoms with van der Waals surface area (Å²) in [5, 5.41) is 7.24. The van der Waals surface area contributed by atoms with Crippen molar-refractivity contribution >= 4 is 33.6 Å². The third-order valence-electron chi connectivity index (χ3n) is 4.58. The number of thiophene rings is 1. The monoisotopic (exact) mass is 414 g/mol. The number of hydrazone groups is 1. The number of nitrogens with one attached hydrogen (secondary N) is 1. The van der Waals surface area contributed by atoms with Gasteiger partial charge in [0.1, 0.15) is 28.5 Å². The molecule has 1 N–H and O–H groups in total. The first-order valence-electron chi connectivity index (χ1n) is 9.21. The second-order valence-electron chi connectivity index (χ2n) is 6.47. The maximum absolute atomic E-state index is 13.9. The molecule has 0 aliphatic carbocycles. The highest BCUT2D eigenvalue weighted by atomic mass is 32.1. The zero-order valence-electron chi connectivity index (χ0n) is 15.6. The van der Waals surface area contributed by atoms with E-state index < -0.39 is 0 Å². The summed E-state index contributed by atoms with van der Waals surface area (Å²) in [6.45, 7) is 0. The van der Waals surface area contributed by atoms with Crippen LogP contribution >= 0.6 is 11.3 Å². The van der Waals surface area contributed by atoms with Crippen LogP contribution in [0.2, 0.25) is 0 Å². The smallest absolute Gasteiger partial charge is 0.159 e. The molecule has 0 bridgehead atoms. The van der Waals surface area contributed by atoms with Crippen molar-refractivity contribution in [3.8, 4) is 22.5 Å². The summed E-state index contributed by atoms with van der Waals surface area (Å²) in [6.07, 6.45) is 3.04. The van der Waals surface area contributed by atoms with E-state index in [0.717, 1.165) is 21.3 Å². The Morgan fingerprint density at radius 2 is 1.77 bits per heavy atom. The lowest BCUT2D eigenvalue weighted by molar-refractivity contribution is 0.563. The van der Waals surface area contributed by atoms with Crippen molar-refractivity contribution in [3.63, 3.8) is 0 Å². The molecule has 0 aliphatic rings. The van der Waals surface area contributed by atoms with E-state index in [1.807, 2.05) is 18.2 Å². The standard InChI is InChI=1S/C23H15FN4OS/c24-19-9-5-4-8-17(19)20-11-10-16(29-20)12-27-28-22-21-18(15-6-2-1-3-7-15)13-30-23(21)26-14-25-22/h1-14H,(H,25,26,28). The molecule has 5 nitrogen and oxygen atoms in total. The molecule has 3 heterocycles. The van der Waals surface area contributed by atoms with Crippen LogP contribution in [0.5, 0.6) is 0 Å². The summed E-state index contributed by atoms with van der Waals surface area (Å²) in [6, 6.07) is 20.0. The summed E-state index contributed by atoms with van der Waals surface area (Å²) in [4.78, 5) is 9.59. The van der Waals surface area contributed by atoms with Gasteiger partial charge in [-0.3, -0.25) is 5.43 Å². The van der Waals surface area contributed by atoms with Gasteiger partial charge in [0.25, 0.3) is 0 Å². The fourth-order valence-electron chi connectivity index (χ4n) is 3.18. The van der Waals surface area contributed by atoms with E-state index in [4.69, 9.17) is 4.42 Å². The van der Waals surface area contributed by atoms with Crippen LogP contribution in [0.15, 0.2) is 88.0 Å². The number of rotatable bonds is 5. The quantitative estimate of drug-likeness (QED) is 0.275. The highest BCUT2D eigenvalue weighted by Gasteiger charge is 2.13. The molecule has 5 aromatic rings. The summed E-state index contributed by atoms with van der Waals surface area (Å²) >= 11 is 1.56. The topological polar surface area (TPSA) is 63.3 Å². The van der Waals surface area contributed by atoms with Crippen LogP contribution in [0.25, 0.3) is 32.7 Å². The Labute approximate surface area is 175 Å². The van der Waals surface area contributed by atoms with Gasteiger partial charge in [-0.2, -0.15) is 5.10 Å². The first kappa shape index (κ1) is 18.2. The van der Waals surface area contributed by atoms with Crippen molar-refractivity contribution < 1.29 is 8.81 Å². The number of hydrogen-bond donors (Lipinski definition) is 1. The molecule has 0 saturated carbocycles. The minimum Gasteiger partial charge on any atom is -0.455 e. The number of nitrogens with zero attached hydrogens (tertiary/aromatic N) is 3. The number of hydrogen-bond acceptors (Lipinski definition) is 6. The lowest BCUT2D eigenvalue weighted by Gasteiger charge is -2.04. The van der Waals surface area contributed by atoms with E-state index in [1.165, 1.54) is 18.6 Å². The lowest BCUT2D eigenvalue weighted by Crippen LogP contribution is -1.95. The molecule has 0 atom stereocenters. The predicted octanol–water partition coefficient (Wildman–Crippen LogP) is 6.20. The highest BCUT2D eigenvalue weighted by Crippen LogP contribution is 2.36. The maximum Gasteiger partial charge on any atom is 0.159 e. The Balaban J connectivity index is 1.42. The first-order valence-corrected chi connectivity index (χ1v) is 10.1. The number of benzene rings is 2. The van der Waals surface area contributed by atoms with Crippen LogP contribution < -0.4 is 5.43 Å². The van der Waals surface area contributed by atoms with Crippen molar-refractivity contribution in [1.29, 1.82) is 0 Å². The molecule has 146 valence electrons. The molecule has 0 spiro atoms. The molecule has 7 heteroatoms. The van der Waals surface area contributed by atoms with Gasteiger partial charge in [0, 0.05) is 10.9 Å². The number of anilines is 1. The molecule has 5 rings (SSSR count). The number of aromatic nitrogens is 2. The fourth-order valence-corrected chi connectivity index (χ4v) is 4.09. The van der Waals surface area contributed by atoms with Crippen LogP contribution in [0, 0.1) is 5.82 Å². The number of furan rings is 1. The Kier molecular flexibility index (Phi) is 4.78. The van der Waals surface area contributed by atoms with Gasteiger partial charge in [-0.05, 0) is 29.8 Å². The Morgan fingerprint density at radius 1 is 0.933 bits per heavy atom. The molecule has 3 aromatic heterocycles. The molecule has 0 amide bonds. The van der Waals surface area contributed by atoms with E-state index in [1.54, 1.807) is 41.7 Å². The van der Waals surface area contributed by atoms with Gasteiger partial charge in [0.15, 0.2) is 5.82 Å². The molecule has 0 fully saturated rings. The van der Waals surface area contributed by atoms with Gasteiger partial charge < -0.3 is 4.42 Å². The molecule has 0 radical (unpaired) electrons. The van der Waals surface area contributed by atoms with Crippen LogP contribution in [-0.2, 0) is 0 Å². The Bertz CT molecular complexity index is 1340. The van der Waals surface area contributed by atoms with Gasteiger partial charge in [-0.15, -0.1) is 11.3 Å². The minimum absolute atomic E-state index is 0.331. The molecule has 0 saturated heterocycles. The Morgan fingerprint density at radius 3 is 2.63 bits per heavy atom. The zero-order chi connectivity index (χ0) is 20.3. The largest absolute Gasteiger partial charge is 0.455 e. The van der Waals surface area contributed by atoms with E-state index in [9.17, 15) is 4.39 Å². The number of halogens is 1. The van der Waals surface area contributed by atoms with Gasteiger partial charge in [-0.1, -0.05) is 42.5 Å². The number of fused-ring (bicyclic) bond motifs is 1. The van der Waals surface area contributed by atoms with Crippen molar-refractivity contribution in [2.24, 2.45) is 5.10 Å². The maximum atomic E-state index is 13.9. The lowest BCUT2D eigenvalue weighted by atomic mass is 10.1. The van der Waals surface area contributed by atoms with E-state index >= 15 is 0 Å². The summed E-state index contributed by atoms with van der Waals surface area (Å²) in [5.41, 5.74) is 5.53. The predicted molar refractivity (Wildman–Crippen MR) is 118 cm³/mol. The third-order valence-corrected chi connectivity index (χ3v) is 5.47. The summed E-state index contributed by atoms with van der Waals surface area (Å²) < 4.78 is 19.6. The van der Waals surface area contributed by atoms with Crippen molar-refractivity contribution in [3.05, 3.63) is 90.0 Å². The molecule has 0 aliphatic heterocycles. The van der Waals surface area contributed by atoms with E-state index in [0.29, 0.717) is 22.9 Å². The third kappa shape index (κ3) is 3.46. The highest BCUT2D eigenvalue weighted by molar-refractivity contribution is 7.17. The van der Waals surface area contributed by atoms with Crippen molar-refractivity contribution in [2.45, 2.75) is 0 Å². The molecule has 0 unspecified atom stereocenters. The van der Waals surface area contributed by atoms with Crippen LogP contribution in [0.4, 0.5) is 10.2 Å². The Hall–Kier alpha value is -3.84. The van der Waals surface area contributed by atoms with E-state index in [-0.39, 0.29) is 5.82 Å². The molecule has 2 aromatic carbocycles. The normalized spacial score (nSPS) is 11.4. The van der Waals surface area contributed by atoms with E-state index in [2.05, 4.69) is 38.0 Å². The van der Waals surface area contributed by atoms with Crippen LogP contribution in [-0.4, -0.2) is 16.2 Å². The zero-order valence-corrected chi connectivity index (χ0v) is 16.4. The van der Waals surface area contributed by atoms with Crippen LogP contribution in [0.3, 0.4) is 0 Å². The summed E-state index contributed by atoms with van der Waals surface area (Å²) in [7, 11) is 0. The SMILES string of the molecule is Fc1ccccc1-c1ccc(C=NNc2ncnc3scc(-c4ccccc4)c23)o1. The van der Waals surface area contributed by atoms with Gasteiger partial charge >= 0.3 is 0 Å². The fraction of sp³-hybridized carbons (Fsp3) is 0. The van der Waals surface area contributed by atoms with Gasteiger partial charge in [0.2, 0.25) is 0 Å². The summed E-state index contributed by atoms with van der Waals surface area (Å²) in [5.74, 6) is 1.22. The minimum atomic E-state index is -0.331.